The highest BCUT2D eigenvalue weighted by Crippen LogP contribution is 2.10. The van der Waals surface area contributed by atoms with Gasteiger partial charge in [0, 0.05) is 0 Å². The van der Waals surface area contributed by atoms with Gasteiger partial charge in [0.05, 0.1) is 25.2 Å². The minimum atomic E-state index is -0.995. The maximum absolute atomic E-state index is 10.9. The van der Waals surface area contributed by atoms with E-state index < -0.39 is 12.0 Å². The first-order valence-electron chi connectivity index (χ1n) is 4.25. The van der Waals surface area contributed by atoms with E-state index in [1.807, 2.05) is 12.1 Å². The van der Waals surface area contributed by atoms with Gasteiger partial charge >= 0.3 is 5.97 Å². The van der Waals surface area contributed by atoms with Gasteiger partial charge in [0.1, 0.15) is 6.04 Å². The Morgan fingerprint density at radius 2 is 1.79 bits per heavy atom. The van der Waals surface area contributed by atoms with Crippen molar-refractivity contribution in [3.05, 3.63) is 0 Å². The van der Waals surface area contributed by atoms with Crippen molar-refractivity contribution >= 4 is 5.97 Å². The van der Waals surface area contributed by atoms with Crippen molar-refractivity contribution in [1.82, 2.24) is 4.90 Å². The summed E-state index contributed by atoms with van der Waals surface area (Å²) in [6.07, 6.45) is 0. The highest BCUT2D eigenvalue weighted by molar-refractivity contribution is 5.73. The van der Waals surface area contributed by atoms with E-state index in [-0.39, 0.29) is 19.0 Å². The van der Waals surface area contributed by atoms with Crippen LogP contribution in [0, 0.1) is 28.6 Å². The van der Waals surface area contributed by atoms with Crippen molar-refractivity contribution < 1.29 is 9.90 Å². The Bertz CT molecular complexity index is 259. The van der Waals surface area contributed by atoms with Crippen LogP contribution in [0.5, 0.6) is 0 Å². The van der Waals surface area contributed by atoms with Crippen molar-refractivity contribution in [2.75, 3.05) is 13.1 Å². The molecule has 5 nitrogen and oxygen atoms in total. The molecule has 0 spiro atoms. The average molecular weight is 195 g/mol. The molecule has 0 bridgehead atoms. The van der Waals surface area contributed by atoms with Crippen LogP contribution in [0.1, 0.15) is 13.8 Å². The summed E-state index contributed by atoms with van der Waals surface area (Å²) < 4.78 is 0. The van der Waals surface area contributed by atoms with Crippen LogP contribution >= 0.6 is 0 Å². The van der Waals surface area contributed by atoms with Crippen molar-refractivity contribution in [2.45, 2.75) is 19.9 Å². The first-order chi connectivity index (χ1) is 6.54. The molecule has 0 aliphatic heterocycles. The van der Waals surface area contributed by atoms with E-state index in [9.17, 15) is 4.79 Å². The van der Waals surface area contributed by atoms with Gasteiger partial charge in [0.25, 0.3) is 0 Å². The quantitative estimate of drug-likeness (QED) is 0.643. The van der Waals surface area contributed by atoms with Crippen LogP contribution < -0.4 is 0 Å². The Morgan fingerprint density at radius 1 is 1.36 bits per heavy atom. The topological polar surface area (TPSA) is 88.1 Å². The summed E-state index contributed by atoms with van der Waals surface area (Å²) in [6, 6.07) is 2.94. The van der Waals surface area contributed by atoms with Crippen LogP contribution in [-0.2, 0) is 4.79 Å². The normalized spacial score (nSPS) is 12.1. The Labute approximate surface area is 83.2 Å². The number of carboxylic acid groups (broad SMARTS) is 1. The van der Waals surface area contributed by atoms with Crippen molar-refractivity contribution in [2.24, 2.45) is 5.92 Å². The van der Waals surface area contributed by atoms with E-state index in [1.165, 1.54) is 4.90 Å². The molecule has 0 aromatic carbocycles. The zero-order chi connectivity index (χ0) is 11.1. The number of aliphatic carboxylic acids is 1. The summed E-state index contributed by atoms with van der Waals surface area (Å²) in [5.74, 6) is -1.13. The largest absolute Gasteiger partial charge is 0.480 e. The fourth-order valence-corrected chi connectivity index (χ4v) is 1.30. The van der Waals surface area contributed by atoms with Crippen LogP contribution in [0.2, 0.25) is 0 Å². The molecular weight excluding hydrogens is 182 g/mol. The third kappa shape index (κ3) is 3.42. The zero-order valence-electron chi connectivity index (χ0n) is 8.27. The van der Waals surface area contributed by atoms with Gasteiger partial charge in [-0.3, -0.25) is 9.69 Å². The molecule has 0 rings (SSSR count). The molecule has 76 valence electrons. The van der Waals surface area contributed by atoms with Crippen molar-refractivity contribution in [3.63, 3.8) is 0 Å². The minimum Gasteiger partial charge on any atom is -0.480 e. The highest BCUT2D eigenvalue weighted by Gasteiger charge is 2.28. The SMILES string of the molecule is CC(C)C(C(=O)O)N(CC#N)CC#N. The first-order valence-corrected chi connectivity index (χ1v) is 4.25. The van der Waals surface area contributed by atoms with Gasteiger partial charge in [-0.1, -0.05) is 13.8 Å². The molecular formula is C9H13N3O2. The lowest BCUT2D eigenvalue weighted by Gasteiger charge is -2.26. The number of carbonyl (C=O) groups is 1. The molecule has 0 saturated carbocycles. The molecule has 0 aliphatic rings. The van der Waals surface area contributed by atoms with Gasteiger partial charge in [-0.15, -0.1) is 0 Å². The molecule has 14 heavy (non-hydrogen) atoms. The summed E-state index contributed by atoms with van der Waals surface area (Å²) >= 11 is 0. The number of hydrogen-bond donors (Lipinski definition) is 1. The Balaban J connectivity index is 4.66. The number of nitriles is 2. The summed E-state index contributed by atoms with van der Waals surface area (Å²) in [5, 5.41) is 25.9. The molecule has 0 aromatic rings. The second-order valence-electron chi connectivity index (χ2n) is 3.25. The zero-order valence-corrected chi connectivity index (χ0v) is 8.27. The minimum absolute atomic E-state index is 0.0390. The van der Waals surface area contributed by atoms with Crippen molar-refractivity contribution in [3.8, 4) is 12.1 Å². The molecule has 1 N–H and O–H groups in total. The van der Waals surface area contributed by atoms with Gasteiger partial charge in [-0.05, 0) is 5.92 Å². The van der Waals surface area contributed by atoms with Crippen LogP contribution in [0.25, 0.3) is 0 Å². The van der Waals surface area contributed by atoms with E-state index >= 15 is 0 Å². The molecule has 0 saturated heterocycles. The lowest BCUT2D eigenvalue weighted by molar-refractivity contribution is -0.144. The number of rotatable bonds is 5. The van der Waals surface area contributed by atoms with Crippen LogP contribution in [0.4, 0.5) is 0 Å². The third-order valence-corrected chi connectivity index (χ3v) is 1.83. The van der Waals surface area contributed by atoms with E-state index in [0.717, 1.165) is 0 Å². The average Bonchev–Trinajstić information content (AvgIpc) is 2.03. The Kier molecular flexibility index (Phi) is 5.28. The van der Waals surface area contributed by atoms with Gasteiger partial charge in [0.15, 0.2) is 0 Å². The smallest absolute Gasteiger partial charge is 0.321 e. The second kappa shape index (κ2) is 5.95. The molecule has 0 aromatic heterocycles. The summed E-state index contributed by atoms with van der Waals surface area (Å²) in [6.45, 7) is 3.42. The number of hydrogen-bond acceptors (Lipinski definition) is 4. The number of carboxylic acids is 1. The predicted octanol–water partition coefficient (Wildman–Crippen LogP) is 0.445. The summed E-state index contributed by atoms with van der Waals surface area (Å²) in [4.78, 5) is 12.2. The van der Waals surface area contributed by atoms with Crippen molar-refractivity contribution in [1.29, 1.82) is 10.5 Å². The molecule has 0 aliphatic carbocycles. The molecule has 1 unspecified atom stereocenters. The summed E-state index contributed by atoms with van der Waals surface area (Å²) in [5.41, 5.74) is 0. The van der Waals surface area contributed by atoms with E-state index in [0.29, 0.717) is 0 Å². The fraction of sp³-hybridized carbons (Fsp3) is 0.667. The van der Waals surface area contributed by atoms with Crippen LogP contribution in [0.3, 0.4) is 0 Å². The van der Waals surface area contributed by atoms with Gasteiger partial charge in [-0.25, -0.2) is 0 Å². The lowest BCUT2D eigenvalue weighted by Crippen LogP contribution is -2.45. The highest BCUT2D eigenvalue weighted by atomic mass is 16.4. The third-order valence-electron chi connectivity index (χ3n) is 1.83. The Morgan fingerprint density at radius 3 is 2.00 bits per heavy atom. The maximum Gasteiger partial charge on any atom is 0.321 e. The van der Waals surface area contributed by atoms with Gasteiger partial charge < -0.3 is 5.11 Å². The fourth-order valence-electron chi connectivity index (χ4n) is 1.30. The molecule has 0 heterocycles. The molecule has 0 radical (unpaired) electrons. The summed E-state index contributed by atoms with van der Waals surface area (Å²) in [7, 11) is 0. The molecule has 0 amide bonds. The maximum atomic E-state index is 10.9. The molecule has 5 heteroatoms. The second-order valence-corrected chi connectivity index (χ2v) is 3.25. The van der Waals surface area contributed by atoms with E-state index in [4.69, 9.17) is 15.6 Å². The molecule has 0 fully saturated rings. The predicted molar refractivity (Wildman–Crippen MR) is 49.1 cm³/mol. The molecule has 1 atom stereocenters. The van der Waals surface area contributed by atoms with Gasteiger partial charge in [-0.2, -0.15) is 10.5 Å². The lowest BCUT2D eigenvalue weighted by atomic mass is 10.0. The Hall–Kier alpha value is -1.59. The first kappa shape index (κ1) is 12.4. The van der Waals surface area contributed by atoms with Crippen LogP contribution in [-0.4, -0.2) is 35.1 Å². The standard InChI is InChI=1S/C9H13N3O2/c1-7(2)8(9(13)14)12(5-3-10)6-4-11/h7-8H,5-6H2,1-2H3,(H,13,14). The van der Waals surface area contributed by atoms with Gasteiger partial charge in [0.2, 0.25) is 0 Å². The van der Waals surface area contributed by atoms with E-state index in [1.54, 1.807) is 13.8 Å². The number of nitrogens with zero attached hydrogens (tertiary/aromatic N) is 3. The van der Waals surface area contributed by atoms with Crippen LogP contribution in [0.15, 0.2) is 0 Å². The van der Waals surface area contributed by atoms with E-state index in [2.05, 4.69) is 0 Å². The monoisotopic (exact) mass is 195 g/mol.